The summed E-state index contributed by atoms with van der Waals surface area (Å²) in [4.78, 5) is 10.7. The fourth-order valence-electron chi connectivity index (χ4n) is 1.92. The van der Waals surface area contributed by atoms with Gasteiger partial charge < -0.3 is 5.11 Å². The molecular weight excluding hydrogens is 351 g/mol. The minimum absolute atomic E-state index is 0.167. The van der Waals surface area contributed by atoms with Gasteiger partial charge in [0.05, 0.1) is 22.3 Å². The zero-order valence-corrected chi connectivity index (χ0v) is 13.0. The normalized spacial score (nSPS) is 12.2. The van der Waals surface area contributed by atoms with Gasteiger partial charge in [-0.2, -0.15) is 18.3 Å². The first-order valence-corrected chi connectivity index (χ1v) is 7.92. The summed E-state index contributed by atoms with van der Waals surface area (Å²) in [6.07, 6.45) is -2.67. The van der Waals surface area contributed by atoms with Crippen LogP contribution >= 0.6 is 0 Å². The van der Waals surface area contributed by atoms with Gasteiger partial charge >= 0.3 is 12.1 Å². The van der Waals surface area contributed by atoms with E-state index < -0.39 is 28.7 Å². The van der Waals surface area contributed by atoms with E-state index >= 15 is 0 Å². The molecule has 0 aliphatic carbocycles. The molecule has 1 heterocycles. The predicted molar refractivity (Wildman–Crippen MR) is 77.2 cm³/mol. The molecule has 0 aliphatic heterocycles. The number of aromatic carboxylic acids is 1. The number of carboxylic acid groups (broad SMARTS) is 1. The minimum atomic E-state index is -4.49. The quantitative estimate of drug-likeness (QED) is 0.848. The van der Waals surface area contributed by atoms with Crippen LogP contribution in [0.15, 0.2) is 35.5 Å². The van der Waals surface area contributed by atoms with E-state index in [1.807, 2.05) is 0 Å². The fourth-order valence-corrected chi connectivity index (χ4v) is 3.22. The average molecular weight is 363 g/mol. The van der Waals surface area contributed by atoms with E-state index in [4.69, 9.17) is 5.11 Å². The number of aromatic nitrogens is 2. The lowest BCUT2D eigenvalue weighted by molar-refractivity contribution is -0.142. The third kappa shape index (κ3) is 4.25. The number of anilines is 1. The molecule has 0 unspecified atom stereocenters. The summed E-state index contributed by atoms with van der Waals surface area (Å²) >= 11 is 0. The smallest absolute Gasteiger partial charge is 0.408 e. The van der Waals surface area contributed by atoms with Crippen molar-refractivity contribution < 1.29 is 31.5 Å². The minimum Gasteiger partial charge on any atom is -0.478 e. The predicted octanol–water partition coefficient (Wildman–Crippen LogP) is 2.25. The van der Waals surface area contributed by atoms with E-state index in [9.17, 15) is 26.4 Å². The Hall–Kier alpha value is -2.56. The van der Waals surface area contributed by atoms with Crippen LogP contribution in [-0.2, 0) is 16.6 Å². The van der Waals surface area contributed by atoms with Crippen LogP contribution in [0.2, 0.25) is 0 Å². The number of carboxylic acids is 1. The number of aryl methyl sites for hydroxylation is 1. The third-order valence-corrected chi connectivity index (χ3v) is 4.47. The van der Waals surface area contributed by atoms with Crippen molar-refractivity contribution in [3.8, 4) is 0 Å². The van der Waals surface area contributed by atoms with Crippen LogP contribution < -0.4 is 4.72 Å². The number of hydrogen-bond donors (Lipinski definition) is 2. The molecular formula is C13H12F3N3O4S. The van der Waals surface area contributed by atoms with Gasteiger partial charge in [-0.1, -0.05) is 6.07 Å². The average Bonchev–Trinajstić information content (AvgIpc) is 2.82. The van der Waals surface area contributed by atoms with Crippen molar-refractivity contribution in [2.45, 2.75) is 24.5 Å². The maximum Gasteiger partial charge on any atom is 0.408 e. The molecule has 0 spiro atoms. The second-order valence-electron chi connectivity index (χ2n) is 4.93. The molecule has 7 nitrogen and oxygen atoms in total. The van der Waals surface area contributed by atoms with Crippen molar-refractivity contribution >= 4 is 21.7 Å². The molecule has 130 valence electrons. The number of benzene rings is 1. The number of alkyl halides is 3. The summed E-state index contributed by atoms with van der Waals surface area (Å²) in [5.41, 5.74) is -0.108. The zero-order chi connectivity index (χ0) is 18.1. The number of sulfonamides is 1. The highest BCUT2D eigenvalue weighted by Gasteiger charge is 2.28. The van der Waals surface area contributed by atoms with Crippen molar-refractivity contribution in [2.75, 3.05) is 4.72 Å². The Balaban J connectivity index is 2.29. The van der Waals surface area contributed by atoms with Crippen LogP contribution in [-0.4, -0.2) is 35.5 Å². The second-order valence-corrected chi connectivity index (χ2v) is 6.58. The van der Waals surface area contributed by atoms with Gasteiger partial charge in [-0.3, -0.25) is 9.40 Å². The van der Waals surface area contributed by atoms with Gasteiger partial charge in [0.1, 0.15) is 6.54 Å². The van der Waals surface area contributed by atoms with E-state index in [0.29, 0.717) is 4.68 Å². The van der Waals surface area contributed by atoms with E-state index in [1.54, 1.807) is 0 Å². The number of rotatable bonds is 5. The molecule has 0 fully saturated rings. The molecule has 0 atom stereocenters. The number of nitrogens with zero attached hydrogens (tertiary/aromatic N) is 2. The SMILES string of the molecule is Cc1ccc(C(=O)O)cc1S(=O)(=O)Nc1cnn(CC(F)(F)F)c1. The molecule has 0 radical (unpaired) electrons. The Labute approximate surface area is 134 Å². The molecule has 0 saturated carbocycles. The lowest BCUT2D eigenvalue weighted by atomic mass is 10.1. The first-order valence-electron chi connectivity index (χ1n) is 6.44. The second kappa shape index (κ2) is 6.15. The third-order valence-electron chi connectivity index (χ3n) is 2.95. The van der Waals surface area contributed by atoms with Gasteiger partial charge in [0, 0.05) is 6.20 Å². The molecule has 0 amide bonds. The first-order chi connectivity index (χ1) is 11.0. The summed E-state index contributed by atoms with van der Waals surface area (Å²) in [6.45, 7) is 0.107. The summed E-state index contributed by atoms with van der Waals surface area (Å²) in [5.74, 6) is -1.30. The van der Waals surface area contributed by atoms with Crippen molar-refractivity contribution in [2.24, 2.45) is 0 Å². The van der Waals surface area contributed by atoms with Gasteiger partial charge in [-0.05, 0) is 24.6 Å². The van der Waals surface area contributed by atoms with Crippen LogP contribution in [0.1, 0.15) is 15.9 Å². The standard InChI is InChI=1S/C13H12F3N3O4S/c1-8-2-3-9(12(20)21)4-11(8)24(22,23)18-10-5-17-19(6-10)7-13(14,15)16/h2-6,18H,7H2,1H3,(H,20,21). The summed E-state index contributed by atoms with van der Waals surface area (Å²) in [5, 5.41) is 12.4. The van der Waals surface area contributed by atoms with Crippen LogP contribution in [0.3, 0.4) is 0 Å². The molecule has 2 aromatic rings. The fraction of sp³-hybridized carbons (Fsp3) is 0.231. The number of nitrogens with one attached hydrogen (secondary N) is 1. The Morgan fingerprint density at radius 3 is 2.62 bits per heavy atom. The van der Waals surface area contributed by atoms with Gasteiger partial charge in [0.15, 0.2) is 0 Å². The molecule has 24 heavy (non-hydrogen) atoms. The van der Waals surface area contributed by atoms with E-state index in [2.05, 4.69) is 9.82 Å². The summed E-state index contributed by atoms with van der Waals surface area (Å²) in [6, 6.07) is 3.54. The van der Waals surface area contributed by atoms with E-state index in [0.717, 1.165) is 18.5 Å². The summed E-state index contributed by atoms with van der Waals surface area (Å²) in [7, 11) is -4.18. The largest absolute Gasteiger partial charge is 0.478 e. The maximum absolute atomic E-state index is 12.3. The maximum atomic E-state index is 12.3. The Bertz CT molecular complexity index is 875. The molecule has 1 aromatic carbocycles. The molecule has 0 bridgehead atoms. The number of carbonyl (C=O) groups is 1. The first kappa shape index (κ1) is 17.8. The van der Waals surface area contributed by atoms with Crippen molar-refractivity contribution in [1.82, 2.24) is 9.78 Å². The molecule has 1 aromatic heterocycles. The highest BCUT2D eigenvalue weighted by molar-refractivity contribution is 7.92. The van der Waals surface area contributed by atoms with Gasteiger partial charge in [0.2, 0.25) is 0 Å². The van der Waals surface area contributed by atoms with Crippen LogP contribution in [0.25, 0.3) is 0 Å². The van der Waals surface area contributed by atoms with Crippen molar-refractivity contribution in [3.05, 3.63) is 41.7 Å². The van der Waals surface area contributed by atoms with Crippen LogP contribution in [0.4, 0.5) is 18.9 Å². The van der Waals surface area contributed by atoms with Crippen molar-refractivity contribution in [1.29, 1.82) is 0 Å². The zero-order valence-electron chi connectivity index (χ0n) is 12.2. The molecule has 11 heteroatoms. The lowest BCUT2D eigenvalue weighted by Gasteiger charge is -2.10. The molecule has 2 rings (SSSR count). The molecule has 2 N–H and O–H groups in total. The van der Waals surface area contributed by atoms with Crippen LogP contribution in [0, 0.1) is 6.92 Å². The highest BCUT2D eigenvalue weighted by atomic mass is 32.2. The van der Waals surface area contributed by atoms with Crippen LogP contribution in [0.5, 0.6) is 0 Å². The monoisotopic (exact) mass is 363 g/mol. The van der Waals surface area contributed by atoms with Gasteiger partial charge in [-0.15, -0.1) is 0 Å². The number of hydrogen-bond acceptors (Lipinski definition) is 4. The lowest BCUT2D eigenvalue weighted by Crippen LogP contribution is -2.18. The Morgan fingerprint density at radius 2 is 2.04 bits per heavy atom. The highest BCUT2D eigenvalue weighted by Crippen LogP contribution is 2.22. The molecule has 0 aliphatic rings. The number of halogens is 3. The summed E-state index contributed by atoms with van der Waals surface area (Å²) < 4.78 is 64.1. The Morgan fingerprint density at radius 1 is 1.38 bits per heavy atom. The van der Waals surface area contributed by atoms with Gasteiger partial charge in [0.25, 0.3) is 10.0 Å². The molecule has 0 saturated heterocycles. The van der Waals surface area contributed by atoms with Gasteiger partial charge in [-0.25, -0.2) is 13.2 Å². The van der Waals surface area contributed by atoms with E-state index in [1.165, 1.54) is 19.1 Å². The van der Waals surface area contributed by atoms with Crippen molar-refractivity contribution in [3.63, 3.8) is 0 Å². The topological polar surface area (TPSA) is 101 Å². The Kier molecular flexibility index (Phi) is 4.56. The van der Waals surface area contributed by atoms with E-state index in [-0.39, 0.29) is 21.7 Å².